The molecule has 0 aromatic heterocycles. The topological polar surface area (TPSA) is 29.3 Å². The van der Waals surface area contributed by atoms with Gasteiger partial charge in [-0.1, -0.05) is 30.3 Å². The number of nitrogens with zero attached hydrogens (tertiary/aromatic N) is 1. The molecule has 0 fully saturated rings. The van der Waals surface area contributed by atoms with Crippen LogP contribution in [0.1, 0.15) is 18.0 Å². The zero-order chi connectivity index (χ0) is 12.9. The lowest BCUT2D eigenvalue weighted by molar-refractivity contribution is -0.147. The standard InChI is InChI=1S/C12H17F3N2/c1-17(9-12(13,14)15)11(7-8-16)10-5-3-2-4-6-10/h2-6,11H,7-9,16H2,1H3. The summed E-state index contributed by atoms with van der Waals surface area (Å²) in [7, 11) is 1.47. The fourth-order valence-electron chi connectivity index (χ4n) is 1.87. The summed E-state index contributed by atoms with van der Waals surface area (Å²) >= 11 is 0. The molecule has 0 aliphatic heterocycles. The summed E-state index contributed by atoms with van der Waals surface area (Å²) in [6.45, 7) is -0.561. The van der Waals surface area contributed by atoms with Crippen LogP contribution >= 0.6 is 0 Å². The second kappa shape index (κ2) is 6.02. The van der Waals surface area contributed by atoms with Gasteiger partial charge in [0.2, 0.25) is 0 Å². The molecule has 1 rings (SSSR count). The first-order chi connectivity index (χ1) is 7.94. The highest BCUT2D eigenvalue weighted by Gasteiger charge is 2.32. The Balaban J connectivity index is 2.79. The van der Waals surface area contributed by atoms with Gasteiger partial charge in [0.25, 0.3) is 0 Å². The van der Waals surface area contributed by atoms with Gasteiger partial charge in [-0.3, -0.25) is 4.90 Å². The first-order valence-electron chi connectivity index (χ1n) is 5.46. The van der Waals surface area contributed by atoms with Crippen LogP contribution < -0.4 is 5.73 Å². The van der Waals surface area contributed by atoms with E-state index in [1.807, 2.05) is 30.3 Å². The molecule has 1 aromatic rings. The van der Waals surface area contributed by atoms with Crippen LogP contribution in [0.15, 0.2) is 30.3 Å². The number of benzene rings is 1. The Bertz CT molecular complexity index is 324. The van der Waals surface area contributed by atoms with E-state index in [1.54, 1.807) is 0 Å². The van der Waals surface area contributed by atoms with Crippen molar-refractivity contribution in [2.24, 2.45) is 5.73 Å². The molecule has 1 atom stereocenters. The molecule has 0 bridgehead atoms. The second-order valence-corrected chi connectivity index (χ2v) is 4.03. The summed E-state index contributed by atoms with van der Waals surface area (Å²) in [6.07, 6.45) is -3.67. The third-order valence-corrected chi connectivity index (χ3v) is 2.59. The largest absolute Gasteiger partial charge is 0.401 e. The number of nitrogens with two attached hydrogens (primary N) is 1. The smallest absolute Gasteiger partial charge is 0.330 e. The molecule has 0 amide bonds. The van der Waals surface area contributed by atoms with Crippen molar-refractivity contribution in [1.82, 2.24) is 4.90 Å². The molecule has 0 heterocycles. The summed E-state index contributed by atoms with van der Waals surface area (Å²) in [5, 5.41) is 0. The highest BCUT2D eigenvalue weighted by molar-refractivity contribution is 5.19. The van der Waals surface area contributed by atoms with Crippen LogP contribution in [0.2, 0.25) is 0 Å². The Morgan fingerprint density at radius 3 is 2.29 bits per heavy atom. The van der Waals surface area contributed by atoms with E-state index in [1.165, 1.54) is 11.9 Å². The van der Waals surface area contributed by atoms with Gasteiger partial charge >= 0.3 is 6.18 Å². The molecular weight excluding hydrogens is 229 g/mol. The molecule has 1 aromatic carbocycles. The highest BCUT2D eigenvalue weighted by Crippen LogP contribution is 2.26. The van der Waals surface area contributed by atoms with Crippen molar-refractivity contribution >= 4 is 0 Å². The molecule has 0 aliphatic carbocycles. The zero-order valence-corrected chi connectivity index (χ0v) is 9.74. The molecule has 2 N–H and O–H groups in total. The third kappa shape index (κ3) is 4.75. The molecule has 0 radical (unpaired) electrons. The Hall–Kier alpha value is -1.07. The van der Waals surface area contributed by atoms with E-state index in [4.69, 9.17) is 5.73 Å². The molecule has 2 nitrogen and oxygen atoms in total. The minimum atomic E-state index is -4.18. The van der Waals surface area contributed by atoms with Crippen molar-refractivity contribution in [2.75, 3.05) is 20.1 Å². The fraction of sp³-hybridized carbons (Fsp3) is 0.500. The summed E-state index contributed by atoms with van der Waals surface area (Å²) in [4.78, 5) is 1.29. The van der Waals surface area contributed by atoms with Crippen LogP contribution in [-0.2, 0) is 0 Å². The number of rotatable bonds is 5. The average Bonchev–Trinajstić information content (AvgIpc) is 2.24. The predicted octanol–water partition coefficient (Wildman–Crippen LogP) is 2.57. The fourth-order valence-corrected chi connectivity index (χ4v) is 1.87. The van der Waals surface area contributed by atoms with Crippen LogP contribution in [-0.4, -0.2) is 31.2 Å². The van der Waals surface area contributed by atoms with Gasteiger partial charge in [0.05, 0.1) is 6.54 Å². The van der Waals surface area contributed by atoms with Gasteiger partial charge in [-0.2, -0.15) is 13.2 Å². The molecular formula is C12H17F3N2. The summed E-state index contributed by atoms with van der Waals surface area (Å²) in [5.41, 5.74) is 6.33. The maximum Gasteiger partial charge on any atom is 0.401 e. The third-order valence-electron chi connectivity index (χ3n) is 2.59. The van der Waals surface area contributed by atoms with Gasteiger partial charge in [-0.25, -0.2) is 0 Å². The van der Waals surface area contributed by atoms with Crippen molar-refractivity contribution in [1.29, 1.82) is 0 Å². The highest BCUT2D eigenvalue weighted by atomic mass is 19.4. The summed E-state index contributed by atoms with van der Waals surface area (Å²) in [5.74, 6) is 0. The Kier molecular flexibility index (Phi) is 4.96. The molecule has 5 heteroatoms. The molecule has 0 aliphatic rings. The van der Waals surface area contributed by atoms with Crippen LogP contribution in [0.25, 0.3) is 0 Å². The summed E-state index contributed by atoms with van der Waals surface area (Å²) in [6, 6.07) is 8.84. The van der Waals surface area contributed by atoms with Crippen LogP contribution in [0.3, 0.4) is 0 Å². The SMILES string of the molecule is CN(CC(F)(F)F)C(CCN)c1ccccc1. The van der Waals surface area contributed by atoms with E-state index in [2.05, 4.69) is 0 Å². The minimum absolute atomic E-state index is 0.289. The number of halogens is 3. The lowest BCUT2D eigenvalue weighted by Gasteiger charge is -2.28. The first-order valence-corrected chi connectivity index (χ1v) is 5.46. The molecule has 96 valence electrons. The zero-order valence-electron chi connectivity index (χ0n) is 9.74. The predicted molar refractivity (Wildman–Crippen MR) is 61.5 cm³/mol. The van der Waals surface area contributed by atoms with E-state index in [9.17, 15) is 13.2 Å². The van der Waals surface area contributed by atoms with Crippen molar-refractivity contribution in [2.45, 2.75) is 18.6 Å². The van der Waals surface area contributed by atoms with Gasteiger partial charge in [-0.15, -0.1) is 0 Å². The number of hydrogen-bond donors (Lipinski definition) is 1. The Morgan fingerprint density at radius 1 is 1.24 bits per heavy atom. The molecule has 17 heavy (non-hydrogen) atoms. The van der Waals surface area contributed by atoms with Crippen molar-refractivity contribution in [3.05, 3.63) is 35.9 Å². The molecule has 0 saturated heterocycles. The Morgan fingerprint density at radius 2 is 1.82 bits per heavy atom. The molecule has 0 saturated carbocycles. The number of alkyl halides is 3. The van der Waals surface area contributed by atoms with Crippen LogP contribution in [0.4, 0.5) is 13.2 Å². The maximum absolute atomic E-state index is 12.3. The number of hydrogen-bond acceptors (Lipinski definition) is 2. The van der Waals surface area contributed by atoms with Crippen LogP contribution in [0, 0.1) is 0 Å². The monoisotopic (exact) mass is 246 g/mol. The summed E-state index contributed by atoms with van der Waals surface area (Å²) < 4.78 is 37.0. The van der Waals surface area contributed by atoms with Crippen LogP contribution in [0.5, 0.6) is 0 Å². The van der Waals surface area contributed by atoms with Gasteiger partial charge in [-0.05, 0) is 25.6 Å². The van der Waals surface area contributed by atoms with Gasteiger partial charge in [0.15, 0.2) is 0 Å². The lowest BCUT2D eigenvalue weighted by Crippen LogP contribution is -2.35. The van der Waals surface area contributed by atoms with E-state index >= 15 is 0 Å². The maximum atomic E-state index is 12.3. The van der Waals surface area contributed by atoms with Crippen molar-refractivity contribution in [3.8, 4) is 0 Å². The van der Waals surface area contributed by atoms with E-state index < -0.39 is 12.7 Å². The van der Waals surface area contributed by atoms with E-state index in [-0.39, 0.29) is 6.04 Å². The van der Waals surface area contributed by atoms with E-state index in [0.717, 1.165) is 5.56 Å². The lowest BCUT2D eigenvalue weighted by atomic mass is 10.0. The van der Waals surface area contributed by atoms with Gasteiger partial charge < -0.3 is 5.73 Å². The normalized spacial score (nSPS) is 14.0. The van der Waals surface area contributed by atoms with Crippen molar-refractivity contribution in [3.63, 3.8) is 0 Å². The average molecular weight is 246 g/mol. The van der Waals surface area contributed by atoms with Gasteiger partial charge in [0, 0.05) is 6.04 Å². The minimum Gasteiger partial charge on any atom is -0.330 e. The Labute approximate surface area is 99.2 Å². The first kappa shape index (κ1) is 14.0. The second-order valence-electron chi connectivity index (χ2n) is 4.03. The van der Waals surface area contributed by atoms with E-state index in [0.29, 0.717) is 13.0 Å². The molecule has 1 unspecified atom stereocenters. The quantitative estimate of drug-likeness (QED) is 0.865. The molecule has 0 spiro atoms. The van der Waals surface area contributed by atoms with Crippen molar-refractivity contribution < 1.29 is 13.2 Å². The van der Waals surface area contributed by atoms with Gasteiger partial charge in [0.1, 0.15) is 0 Å².